The Kier molecular flexibility index (Phi) is 6.24. The number of hydrogen-bond acceptors (Lipinski definition) is 4. The van der Waals surface area contributed by atoms with E-state index in [0.29, 0.717) is 19.5 Å². The number of hydrogen-bond donors (Lipinski definition) is 2. The highest BCUT2D eigenvalue weighted by atomic mass is 16.3. The number of nitrogens with zero attached hydrogens (tertiary/aromatic N) is 2. The molecular weight excluding hydrogens is 340 g/mol. The lowest BCUT2D eigenvalue weighted by molar-refractivity contribution is -0.160. The number of carbonyl (C=O) groups excluding carboxylic acids is 1. The van der Waals surface area contributed by atoms with E-state index >= 15 is 0 Å². The van der Waals surface area contributed by atoms with Crippen molar-refractivity contribution >= 4 is 5.91 Å². The van der Waals surface area contributed by atoms with E-state index in [4.69, 9.17) is 0 Å². The van der Waals surface area contributed by atoms with Crippen LogP contribution >= 0.6 is 0 Å². The fourth-order valence-corrected chi connectivity index (χ4v) is 4.50. The molecule has 2 aliphatic rings. The Morgan fingerprint density at radius 1 is 1.15 bits per heavy atom. The topological polar surface area (TPSA) is 64.0 Å². The molecule has 5 nitrogen and oxygen atoms in total. The van der Waals surface area contributed by atoms with Crippen LogP contribution in [0.25, 0.3) is 0 Å². The third kappa shape index (κ3) is 5.09. The smallest absolute Gasteiger partial charge is 0.255 e. The molecule has 2 saturated heterocycles. The van der Waals surface area contributed by atoms with E-state index in [1.54, 1.807) is 0 Å². The molecule has 1 aromatic carbocycles. The minimum absolute atomic E-state index is 0.116. The van der Waals surface area contributed by atoms with Gasteiger partial charge in [-0.2, -0.15) is 0 Å². The summed E-state index contributed by atoms with van der Waals surface area (Å²) < 4.78 is 0. The Hall–Kier alpha value is -1.43. The van der Waals surface area contributed by atoms with E-state index in [1.165, 1.54) is 5.56 Å². The minimum atomic E-state index is -1.27. The summed E-state index contributed by atoms with van der Waals surface area (Å²) in [4.78, 5) is 17.0. The summed E-state index contributed by atoms with van der Waals surface area (Å²) >= 11 is 0. The van der Waals surface area contributed by atoms with Crippen LogP contribution < -0.4 is 0 Å². The van der Waals surface area contributed by atoms with E-state index in [2.05, 4.69) is 17.0 Å². The number of piperidine rings is 2. The standard InChI is InChI=1S/C22H34N2O3/c1-21(2,26)19-10-14-23(15-11-19)17-22(27)12-6-13-24(20(22)25)16-9-18-7-4-3-5-8-18/h3-5,7-8,19,26-27H,6,9-17H2,1-2H3. The van der Waals surface area contributed by atoms with Crippen molar-refractivity contribution < 1.29 is 15.0 Å². The molecule has 1 aromatic rings. The summed E-state index contributed by atoms with van der Waals surface area (Å²) in [7, 11) is 0. The van der Waals surface area contributed by atoms with Gasteiger partial charge in [0.1, 0.15) is 0 Å². The number of rotatable bonds is 6. The molecule has 0 spiro atoms. The third-order valence-corrected chi connectivity index (χ3v) is 6.29. The van der Waals surface area contributed by atoms with Gasteiger partial charge >= 0.3 is 0 Å². The monoisotopic (exact) mass is 374 g/mol. The number of aliphatic hydroxyl groups is 2. The molecule has 2 N–H and O–H groups in total. The average molecular weight is 375 g/mol. The lowest BCUT2D eigenvalue weighted by Crippen LogP contribution is -2.59. The maximum atomic E-state index is 13.0. The Labute approximate surface area is 163 Å². The van der Waals surface area contributed by atoms with Gasteiger partial charge in [-0.3, -0.25) is 9.69 Å². The van der Waals surface area contributed by atoms with Crippen LogP contribution in [0.4, 0.5) is 0 Å². The van der Waals surface area contributed by atoms with E-state index in [0.717, 1.165) is 45.3 Å². The second-order valence-corrected chi connectivity index (χ2v) is 8.87. The van der Waals surface area contributed by atoms with Crippen molar-refractivity contribution in [3.8, 4) is 0 Å². The van der Waals surface area contributed by atoms with Gasteiger partial charge in [-0.05, 0) is 70.5 Å². The Balaban J connectivity index is 1.54. The molecule has 1 amide bonds. The molecule has 5 heteroatoms. The van der Waals surface area contributed by atoms with Crippen molar-refractivity contribution in [2.45, 2.75) is 57.2 Å². The first-order valence-electron chi connectivity index (χ1n) is 10.3. The largest absolute Gasteiger partial charge is 0.390 e. The molecule has 3 rings (SSSR count). The summed E-state index contributed by atoms with van der Waals surface area (Å²) in [5, 5.41) is 21.3. The minimum Gasteiger partial charge on any atom is -0.390 e. The normalized spacial score (nSPS) is 25.8. The number of amides is 1. The van der Waals surface area contributed by atoms with Crippen LogP contribution in [-0.4, -0.2) is 69.8 Å². The summed E-state index contributed by atoms with van der Waals surface area (Å²) in [6.45, 7) is 7.20. The van der Waals surface area contributed by atoms with E-state index in [-0.39, 0.29) is 11.8 Å². The van der Waals surface area contributed by atoms with Crippen molar-refractivity contribution in [1.82, 2.24) is 9.80 Å². The van der Waals surface area contributed by atoms with Crippen molar-refractivity contribution in [2.75, 3.05) is 32.7 Å². The van der Waals surface area contributed by atoms with E-state index in [9.17, 15) is 15.0 Å². The quantitative estimate of drug-likeness (QED) is 0.800. The molecule has 2 aliphatic heterocycles. The van der Waals surface area contributed by atoms with E-state index < -0.39 is 11.2 Å². The van der Waals surface area contributed by atoms with Crippen LogP contribution in [-0.2, 0) is 11.2 Å². The van der Waals surface area contributed by atoms with Gasteiger partial charge in [0.05, 0.1) is 5.60 Å². The van der Waals surface area contributed by atoms with Gasteiger partial charge < -0.3 is 15.1 Å². The van der Waals surface area contributed by atoms with Crippen molar-refractivity contribution in [3.63, 3.8) is 0 Å². The van der Waals surface area contributed by atoms with Gasteiger partial charge in [0.2, 0.25) is 0 Å². The van der Waals surface area contributed by atoms with Crippen LogP contribution in [0.2, 0.25) is 0 Å². The number of benzene rings is 1. The highest BCUT2D eigenvalue weighted by molar-refractivity contribution is 5.86. The Morgan fingerprint density at radius 2 is 1.81 bits per heavy atom. The van der Waals surface area contributed by atoms with Gasteiger partial charge in [0, 0.05) is 19.6 Å². The lowest BCUT2D eigenvalue weighted by atomic mass is 9.82. The number of carbonyl (C=O) groups is 1. The zero-order valence-corrected chi connectivity index (χ0v) is 16.7. The van der Waals surface area contributed by atoms with Crippen molar-refractivity contribution in [1.29, 1.82) is 0 Å². The summed E-state index contributed by atoms with van der Waals surface area (Å²) in [5.41, 5.74) is -0.706. The van der Waals surface area contributed by atoms with Gasteiger partial charge in [-0.1, -0.05) is 30.3 Å². The average Bonchev–Trinajstić information content (AvgIpc) is 2.64. The maximum Gasteiger partial charge on any atom is 0.255 e. The van der Waals surface area contributed by atoms with Gasteiger partial charge in [-0.15, -0.1) is 0 Å². The molecule has 0 bridgehead atoms. The molecule has 1 unspecified atom stereocenters. The molecular formula is C22H34N2O3. The summed E-state index contributed by atoms with van der Waals surface area (Å²) in [5.74, 6) is 0.169. The maximum absolute atomic E-state index is 13.0. The lowest BCUT2D eigenvalue weighted by Gasteiger charge is -2.43. The SMILES string of the molecule is CC(C)(O)C1CCN(CC2(O)CCCN(CCc3ccccc3)C2=O)CC1. The van der Waals surface area contributed by atoms with Gasteiger partial charge in [-0.25, -0.2) is 0 Å². The second-order valence-electron chi connectivity index (χ2n) is 8.87. The zero-order valence-electron chi connectivity index (χ0n) is 16.7. The molecule has 150 valence electrons. The molecule has 0 saturated carbocycles. The first kappa shape index (κ1) is 20.3. The number of likely N-dealkylation sites (tertiary alicyclic amines) is 2. The third-order valence-electron chi connectivity index (χ3n) is 6.29. The van der Waals surface area contributed by atoms with Crippen molar-refractivity contribution in [3.05, 3.63) is 35.9 Å². The first-order chi connectivity index (χ1) is 12.8. The van der Waals surface area contributed by atoms with E-state index in [1.807, 2.05) is 36.9 Å². The predicted octanol–water partition coefficient (Wildman–Crippen LogP) is 2.07. The molecule has 2 heterocycles. The summed E-state index contributed by atoms with van der Waals surface area (Å²) in [6.07, 6.45) is 4.02. The molecule has 27 heavy (non-hydrogen) atoms. The van der Waals surface area contributed by atoms with Crippen LogP contribution in [0.5, 0.6) is 0 Å². The highest BCUT2D eigenvalue weighted by Crippen LogP contribution is 2.30. The molecule has 0 radical (unpaired) electrons. The fraction of sp³-hybridized carbons (Fsp3) is 0.682. The van der Waals surface area contributed by atoms with Gasteiger partial charge in [0.15, 0.2) is 5.60 Å². The van der Waals surface area contributed by atoms with Crippen LogP contribution in [0.3, 0.4) is 0 Å². The van der Waals surface area contributed by atoms with Crippen LogP contribution in [0.15, 0.2) is 30.3 Å². The Bertz CT molecular complexity index is 620. The molecule has 0 aliphatic carbocycles. The fourth-order valence-electron chi connectivity index (χ4n) is 4.50. The van der Waals surface area contributed by atoms with Crippen LogP contribution in [0.1, 0.15) is 45.1 Å². The molecule has 0 aromatic heterocycles. The zero-order chi connectivity index (χ0) is 19.5. The first-order valence-corrected chi connectivity index (χ1v) is 10.3. The van der Waals surface area contributed by atoms with Gasteiger partial charge in [0.25, 0.3) is 5.91 Å². The second kappa shape index (κ2) is 8.29. The number of β-amino-alcohol motifs (C(OH)–C–C–N with tert-alkyl or cyclic N) is 1. The predicted molar refractivity (Wildman–Crippen MR) is 106 cm³/mol. The highest BCUT2D eigenvalue weighted by Gasteiger charge is 2.44. The Morgan fingerprint density at radius 3 is 2.44 bits per heavy atom. The molecule has 2 fully saturated rings. The van der Waals surface area contributed by atoms with Crippen molar-refractivity contribution in [2.24, 2.45) is 5.92 Å². The summed E-state index contributed by atoms with van der Waals surface area (Å²) in [6, 6.07) is 10.2. The molecule has 1 atom stereocenters. The van der Waals surface area contributed by atoms with Crippen LogP contribution in [0, 0.1) is 5.92 Å².